The van der Waals surface area contributed by atoms with Gasteiger partial charge < -0.3 is 30.3 Å². The van der Waals surface area contributed by atoms with Gasteiger partial charge in [0.25, 0.3) is 0 Å². The molecule has 0 fully saturated rings. The maximum Gasteiger partial charge on any atom is 0.144 e. The smallest absolute Gasteiger partial charge is 0.144 e. The van der Waals surface area contributed by atoms with Crippen molar-refractivity contribution in [2.75, 3.05) is 0 Å². The largest absolute Gasteiger partial charge is 0.656 e. The van der Waals surface area contributed by atoms with Gasteiger partial charge in [-0.1, -0.05) is 364 Å². The summed E-state index contributed by atoms with van der Waals surface area (Å²) >= 11 is 0. The predicted octanol–water partition coefficient (Wildman–Crippen LogP) is 32.1. The topological polar surface area (TPSA) is 195 Å². The number of hydrogen-bond acceptors (Lipinski definition) is 9. The van der Waals surface area contributed by atoms with Crippen LogP contribution in [0.15, 0.2) is 473 Å². The molecule has 21 aromatic carbocycles. The van der Waals surface area contributed by atoms with Crippen molar-refractivity contribution in [3.05, 3.63) is 473 Å². The number of para-hydroxylation sites is 11. The number of nitrogens with zero attached hydrogens (tertiary/aromatic N) is 12. The molecule has 720 valence electrons. The Kier molecular flexibility index (Phi) is 23.8. The molecule has 18 heteroatoms. The number of aromatic nitrogens is 12. The van der Waals surface area contributed by atoms with E-state index in [0.29, 0.717) is 16.6 Å². The van der Waals surface area contributed by atoms with Crippen molar-refractivity contribution in [3.63, 3.8) is 0 Å². The number of benzene rings is 21. The number of pyridine rings is 3. The van der Waals surface area contributed by atoms with Crippen LogP contribution in [-0.4, -0.2) is 58.9 Å². The van der Waals surface area contributed by atoms with Gasteiger partial charge in [0.2, 0.25) is 0 Å². The molecule has 0 aliphatic heterocycles. The minimum Gasteiger partial charge on any atom is -0.656 e. The monoisotopic (exact) mass is 2470 g/mol. The van der Waals surface area contributed by atoms with Gasteiger partial charge in [-0.25, -0.2) is 29.9 Å². The van der Waals surface area contributed by atoms with Gasteiger partial charge in [0.1, 0.15) is 51.3 Å². The van der Waals surface area contributed by atoms with Crippen LogP contribution in [0, 0.1) is 0 Å². The van der Waals surface area contributed by atoms with E-state index >= 15 is 0 Å². The zero-order valence-corrected chi connectivity index (χ0v) is 86.5. The van der Waals surface area contributed by atoms with Crippen LogP contribution in [0.2, 0.25) is 0 Å². The average Bonchev–Trinajstić information content (AvgIpc) is 1.51. The van der Waals surface area contributed by atoms with E-state index in [9.17, 15) is 15.3 Å². The van der Waals surface area contributed by atoms with Gasteiger partial charge in [0.05, 0.1) is 50.2 Å². The van der Waals surface area contributed by atoms with Crippen molar-refractivity contribution in [3.8, 4) is 136 Å². The maximum atomic E-state index is 11.1. The SMILES string of the molecule is Oc1cccc2c(-c3ccccc3)cc(-c3cccc4c3nc(-c3cccc5c3[n-]c3cc6ccccc6cc35)n4-c3cccc(-c4ccccc4)c3)nc12.Oc1cccc2c(-c3ccccc3)cc(-c3cccc4c3nc(-c3cccc5c3[n-]c3cc6ccccc6cc35)n4-c3ccccc3)nc12.Oc1cccc2ccc(-c3cccc4c3nc(-c3cccc5c3[n-]c3cc6ccccc6cc35)n4-c3ccccc3)nc12.[Pt].[Pt].[Pt]. The fourth-order valence-corrected chi connectivity index (χ4v) is 21.7. The van der Waals surface area contributed by atoms with E-state index in [0.717, 1.165) is 238 Å². The summed E-state index contributed by atoms with van der Waals surface area (Å²) in [7, 11) is 0. The molecule has 9 heterocycles. The Bertz CT molecular complexity index is 10600. The van der Waals surface area contributed by atoms with E-state index in [-0.39, 0.29) is 80.4 Å². The number of rotatable bonds is 12. The van der Waals surface area contributed by atoms with Crippen LogP contribution in [0.4, 0.5) is 0 Å². The number of imidazole rings is 3. The third-order valence-electron chi connectivity index (χ3n) is 28.6. The molecule has 0 atom stereocenters. The molecule has 15 nitrogen and oxygen atoms in total. The molecule has 30 aromatic rings. The van der Waals surface area contributed by atoms with Gasteiger partial charge in [0.15, 0.2) is 0 Å². The Morgan fingerprint density at radius 3 is 0.860 bits per heavy atom. The summed E-state index contributed by atoms with van der Waals surface area (Å²) in [5.74, 6) is 2.86. The fourth-order valence-electron chi connectivity index (χ4n) is 21.7. The molecule has 0 spiro atoms. The zero-order chi connectivity index (χ0) is 97.4. The van der Waals surface area contributed by atoms with Crippen molar-refractivity contribution in [2.45, 2.75) is 0 Å². The summed E-state index contributed by atoms with van der Waals surface area (Å²) in [6.07, 6.45) is 0. The van der Waals surface area contributed by atoms with Crippen LogP contribution in [0.5, 0.6) is 17.2 Å². The minimum atomic E-state index is 0. The number of fused-ring (bicyclic) bond motifs is 18. The van der Waals surface area contributed by atoms with Gasteiger partial charge in [0, 0.05) is 130 Å². The molecule has 0 saturated heterocycles. The first-order valence-electron chi connectivity index (χ1n) is 49.0. The van der Waals surface area contributed by atoms with Crippen LogP contribution < -0.4 is 15.0 Å². The number of hydrogen-bond donors (Lipinski definition) is 3. The molecular weight excluding hydrogens is 2390 g/mol. The molecule has 0 unspecified atom stereocenters. The van der Waals surface area contributed by atoms with Crippen LogP contribution in [-0.2, 0) is 63.2 Å². The first kappa shape index (κ1) is 93.0. The van der Waals surface area contributed by atoms with Crippen molar-refractivity contribution in [2.24, 2.45) is 0 Å². The van der Waals surface area contributed by atoms with Gasteiger partial charge >= 0.3 is 0 Å². The molecule has 0 bridgehead atoms. The van der Waals surface area contributed by atoms with Crippen molar-refractivity contribution >= 4 is 164 Å². The fraction of sp³-hybridized carbons (Fsp3) is 0. The first-order chi connectivity index (χ1) is 72.6. The normalized spacial score (nSPS) is 11.5. The second kappa shape index (κ2) is 38.4. The van der Waals surface area contributed by atoms with Crippen LogP contribution in [0.25, 0.3) is 282 Å². The number of phenolic OH excluding ortho intramolecular Hbond substituents is 3. The van der Waals surface area contributed by atoms with E-state index in [1.807, 2.05) is 127 Å². The molecule has 9 aromatic heterocycles. The molecule has 0 radical (unpaired) electrons. The Labute approximate surface area is 901 Å². The number of phenols is 3. The average molecular weight is 2470 g/mol. The van der Waals surface area contributed by atoms with Crippen LogP contribution >= 0.6 is 0 Å². The standard InChI is InChI=1S/C50H31N4O.C44H27N4O.C38H23N4O.3Pt/c55-46-26-12-22-37-41(32-15-5-2-6-16-32)30-44(52-49(37)46)39-23-11-25-45-48(39)53-50(54(45)36-20-9-19-33(27-36)31-13-3-1-4-14-31)40-24-10-21-38-42-28-34-17-7-8-18-35(34)29-43(42)51-47(38)40;49-40-23-11-19-31-35(27-12-3-1-4-13-27)26-38(46-43(31)40)33-20-10-22-39-42(33)47-44(48(39)30-16-5-2-6-17-30)34-21-9-18-32-36-24-28-14-7-8-15-29(28)25-37(36)45-41(32)34;43-34-18-6-11-23-19-20-31(39-35(23)34)28-15-8-17-33-37(28)41-38(42(33)26-12-2-1-3-13-26)29-16-7-14-27-30-21-24-9-4-5-10-25(24)22-32(30)40-36(27)29;;;/h1-30H,(H-,51,52,53,55);1-26H,(H-,45,46,47,49);1-22H,(H-,39,40,41,43);;;/q3*-1;;;. The van der Waals surface area contributed by atoms with Crippen molar-refractivity contribution < 1.29 is 78.5 Å². The summed E-state index contributed by atoms with van der Waals surface area (Å²) in [5, 5.41) is 49.1. The zero-order valence-electron chi connectivity index (χ0n) is 79.7. The van der Waals surface area contributed by atoms with E-state index in [1.54, 1.807) is 18.2 Å². The van der Waals surface area contributed by atoms with Crippen LogP contribution in [0.3, 0.4) is 0 Å². The summed E-state index contributed by atoms with van der Waals surface area (Å²) < 4.78 is 6.69. The summed E-state index contributed by atoms with van der Waals surface area (Å²) in [6.45, 7) is 0. The summed E-state index contributed by atoms with van der Waals surface area (Å²) in [5.41, 5.74) is 29.8. The second-order valence-corrected chi connectivity index (χ2v) is 37.2. The molecule has 30 rings (SSSR count). The summed E-state index contributed by atoms with van der Waals surface area (Å²) in [4.78, 5) is 47.0. The van der Waals surface area contributed by atoms with Gasteiger partial charge in [-0.3, -0.25) is 13.7 Å². The quantitative estimate of drug-likeness (QED) is 0.105. The predicted molar refractivity (Wildman–Crippen MR) is 601 cm³/mol. The van der Waals surface area contributed by atoms with E-state index in [1.165, 1.54) is 26.9 Å². The molecule has 0 amide bonds. The van der Waals surface area contributed by atoms with E-state index < -0.39 is 0 Å². The first-order valence-corrected chi connectivity index (χ1v) is 49.0. The van der Waals surface area contributed by atoms with Gasteiger partial charge in [-0.2, -0.15) is 0 Å². The van der Waals surface area contributed by atoms with Crippen molar-refractivity contribution in [1.82, 2.24) is 58.6 Å². The molecule has 0 aliphatic carbocycles. The Balaban J connectivity index is 0.000000116. The maximum absolute atomic E-state index is 11.1. The van der Waals surface area contributed by atoms with Gasteiger partial charge in [-0.05, 0) is 207 Å². The summed E-state index contributed by atoms with van der Waals surface area (Å²) in [6, 6.07) is 161. The molecule has 150 heavy (non-hydrogen) atoms. The van der Waals surface area contributed by atoms with Gasteiger partial charge in [-0.15, -0.1) is 33.1 Å². The Hall–Kier alpha value is -18.1. The van der Waals surface area contributed by atoms with Crippen molar-refractivity contribution in [1.29, 1.82) is 0 Å². The minimum absolute atomic E-state index is 0. The molecule has 3 N–H and O–H groups in total. The third kappa shape index (κ3) is 15.9. The second-order valence-electron chi connectivity index (χ2n) is 37.2. The number of aromatic hydroxyl groups is 3. The molecular formula is C132H81N12O3Pt3-3. The Morgan fingerprint density at radius 1 is 0.173 bits per heavy atom. The molecule has 0 saturated carbocycles. The van der Waals surface area contributed by atoms with E-state index in [2.05, 4.69) is 341 Å². The Morgan fingerprint density at radius 2 is 0.460 bits per heavy atom. The van der Waals surface area contributed by atoms with Crippen LogP contribution in [0.1, 0.15) is 0 Å². The van der Waals surface area contributed by atoms with E-state index in [4.69, 9.17) is 44.9 Å². The molecule has 0 aliphatic rings. The third-order valence-corrected chi connectivity index (χ3v) is 28.6.